The third-order valence-corrected chi connectivity index (χ3v) is 5.30. The zero-order chi connectivity index (χ0) is 17.3. The molecule has 1 aliphatic rings. The van der Waals surface area contributed by atoms with E-state index in [1.807, 2.05) is 0 Å². The number of nitrogens with one attached hydrogen (secondary N) is 1. The van der Waals surface area contributed by atoms with Crippen molar-refractivity contribution in [2.45, 2.75) is 51.1 Å². The first-order chi connectivity index (χ1) is 12.3. The summed E-state index contributed by atoms with van der Waals surface area (Å²) in [6, 6.07) is 21.9. The van der Waals surface area contributed by atoms with E-state index in [1.165, 1.54) is 36.8 Å². The molecule has 2 nitrogen and oxygen atoms in total. The molecule has 132 valence electrons. The van der Waals surface area contributed by atoms with Gasteiger partial charge < -0.3 is 10.2 Å². The maximum atomic E-state index is 5.76. The fourth-order valence-corrected chi connectivity index (χ4v) is 3.83. The maximum Gasteiger partial charge on any atom is 0.169 e. The topological polar surface area (TPSA) is 15.3 Å². The van der Waals surface area contributed by atoms with Gasteiger partial charge in [0.05, 0.1) is 0 Å². The fraction of sp³-hybridized carbons (Fsp3) is 0.409. The molecule has 0 radical (unpaired) electrons. The lowest BCUT2D eigenvalue weighted by molar-refractivity contribution is 0.390. The lowest BCUT2D eigenvalue weighted by Crippen LogP contribution is -2.43. The number of aryl methyl sites for hydroxylation is 1. The van der Waals surface area contributed by atoms with Crippen molar-refractivity contribution in [3.63, 3.8) is 0 Å². The molecule has 1 N–H and O–H groups in total. The van der Waals surface area contributed by atoms with Crippen LogP contribution in [-0.4, -0.2) is 22.6 Å². The highest BCUT2D eigenvalue weighted by Gasteiger charge is 2.18. The quantitative estimate of drug-likeness (QED) is 0.711. The Morgan fingerprint density at radius 3 is 2.16 bits per heavy atom. The molecule has 0 spiro atoms. The second-order valence-corrected chi connectivity index (χ2v) is 7.31. The smallest absolute Gasteiger partial charge is 0.169 e. The standard InChI is InChI=1S/C22H28N2S/c25-22(23-21-15-7-8-16-21)24(18-20-12-5-2-6-13-20)17-9-14-19-10-3-1-4-11-19/h1-6,10-13,21H,7-9,14-18H2,(H,23,25). The summed E-state index contributed by atoms with van der Waals surface area (Å²) in [5.74, 6) is 0. The summed E-state index contributed by atoms with van der Waals surface area (Å²) < 4.78 is 0. The Morgan fingerprint density at radius 1 is 0.920 bits per heavy atom. The molecule has 25 heavy (non-hydrogen) atoms. The average Bonchev–Trinajstić information content (AvgIpc) is 3.15. The summed E-state index contributed by atoms with van der Waals surface area (Å²) in [4.78, 5) is 2.34. The van der Waals surface area contributed by atoms with Gasteiger partial charge in [-0.2, -0.15) is 0 Å². The second kappa shape index (κ2) is 9.57. The average molecular weight is 353 g/mol. The Hall–Kier alpha value is -1.87. The number of nitrogens with zero attached hydrogens (tertiary/aromatic N) is 1. The molecule has 0 amide bonds. The summed E-state index contributed by atoms with van der Waals surface area (Å²) in [5.41, 5.74) is 2.72. The first kappa shape index (κ1) is 17.9. The predicted molar refractivity (Wildman–Crippen MR) is 110 cm³/mol. The van der Waals surface area contributed by atoms with Crippen LogP contribution < -0.4 is 5.32 Å². The van der Waals surface area contributed by atoms with Crippen molar-refractivity contribution in [1.29, 1.82) is 0 Å². The lowest BCUT2D eigenvalue weighted by Gasteiger charge is -2.28. The number of benzene rings is 2. The van der Waals surface area contributed by atoms with E-state index in [0.29, 0.717) is 6.04 Å². The molecule has 2 aromatic rings. The third kappa shape index (κ3) is 5.86. The molecule has 0 bridgehead atoms. The molecule has 3 rings (SSSR count). The summed E-state index contributed by atoms with van der Waals surface area (Å²) in [5, 5.41) is 4.53. The van der Waals surface area contributed by atoms with Crippen LogP contribution in [0.25, 0.3) is 0 Å². The van der Waals surface area contributed by atoms with Crippen molar-refractivity contribution in [2.24, 2.45) is 0 Å². The van der Waals surface area contributed by atoms with Crippen LogP contribution in [0, 0.1) is 0 Å². The van der Waals surface area contributed by atoms with Crippen molar-refractivity contribution < 1.29 is 0 Å². The zero-order valence-electron chi connectivity index (χ0n) is 14.9. The van der Waals surface area contributed by atoms with Crippen LogP contribution in [0.4, 0.5) is 0 Å². The normalized spacial score (nSPS) is 14.4. The van der Waals surface area contributed by atoms with Gasteiger partial charge in [0, 0.05) is 19.1 Å². The van der Waals surface area contributed by atoms with E-state index in [1.54, 1.807) is 0 Å². The Balaban J connectivity index is 1.57. The Kier molecular flexibility index (Phi) is 6.87. The van der Waals surface area contributed by atoms with Crippen molar-refractivity contribution in [3.8, 4) is 0 Å². The highest BCUT2D eigenvalue weighted by Crippen LogP contribution is 2.18. The van der Waals surface area contributed by atoms with Gasteiger partial charge in [-0.25, -0.2) is 0 Å². The van der Waals surface area contributed by atoms with Gasteiger partial charge in [-0.15, -0.1) is 0 Å². The lowest BCUT2D eigenvalue weighted by atomic mass is 10.1. The summed E-state index contributed by atoms with van der Waals surface area (Å²) >= 11 is 5.76. The molecule has 1 saturated carbocycles. The van der Waals surface area contributed by atoms with E-state index >= 15 is 0 Å². The molecule has 1 aliphatic carbocycles. The molecule has 1 fully saturated rings. The number of hydrogen-bond acceptors (Lipinski definition) is 1. The molecule has 0 saturated heterocycles. The largest absolute Gasteiger partial charge is 0.360 e. The van der Waals surface area contributed by atoms with Gasteiger partial charge in [0.1, 0.15) is 0 Å². The Bertz CT molecular complexity index is 636. The van der Waals surface area contributed by atoms with Gasteiger partial charge in [-0.05, 0) is 49.0 Å². The maximum absolute atomic E-state index is 5.76. The van der Waals surface area contributed by atoms with E-state index < -0.39 is 0 Å². The predicted octanol–water partition coefficient (Wildman–Crippen LogP) is 4.94. The highest BCUT2D eigenvalue weighted by atomic mass is 32.1. The van der Waals surface area contributed by atoms with Crippen molar-refractivity contribution in [3.05, 3.63) is 71.8 Å². The summed E-state index contributed by atoms with van der Waals surface area (Å²) in [6.07, 6.45) is 7.37. The highest BCUT2D eigenvalue weighted by molar-refractivity contribution is 7.80. The van der Waals surface area contributed by atoms with Crippen LogP contribution >= 0.6 is 12.2 Å². The van der Waals surface area contributed by atoms with Gasteiger partial charge in [0.2, 0.25) is 0 Å². The van der Waals surface area contributed by atoms with Gasteiger partial charge in [0.15, 0.2) is 5.11 Å². The number of thiocarbonyl (C=S) groups is 1. The van der Waals surface area contributed by atoms with Crippen LogP contribution in [0.2, 0.25) is 0 Å². The van der Waals surface area contributed by atoms with Crippen LogP contribution in [0.5, 0.6) is 0 Å². The molecule has 0 aromatic heterocycles. The molecule has 3 heteroatoms. The van der Waals surface area contributed by atoms with Gasteiger partial charge >= 0.3 is 0 Å². The first-order valence-electron chi connectivity index (χ1n) is 9.44. The number of hydrogen-bond donors (Lipinski definition) is 1. The first-order valence-corrected chi connectivity index (χ1v) is 9.85. The Morgan fingerprint density at radius 2 is 1.52 bits per heavy atom. The fourth-order valence-electron chi connectivity index (χ4n) is 3.51. The van der Waals surface area contributed by atoms with Gasteiger partial charge in [0.25, 0.3) is 0 Å². The molecule has 0 heterocycles. The molecular formula is C22H28N2S. The minimum atomic E-state index is 0.569. The van der Waals surface area contributed by atoms with Gasteiger partial charge in [-0.3, -0.25) is 0 Å². The van der Waals surface area contributed by atoms with E-state index in [0.717, 1.165) is 31.0 Å². The van der Waals surface area contributed by atoms with Crippen LogP contribution in [0.1, 0.15) is 43.2 Å². The van der Waals surface area contributed by atoms with Crippen molar-refractivity contribution >= 4 is 17.3 Å². The van der Waals surface area contributed by atoms with E-state index in [2.05, 4.69) is 70.9 Å². The van der Waals surface area contributed by atoms with Crippen LogP contribution in [-0.2, 0) is 13.0 Å². The van der Waals surface area contributed by atoms with Crippen LogP contribution in [0.15, 0.2) is 60.7 Å². The minimum absolute atomic E-state index is 0.569. The minimum Gasteiger partial charge on any atom is -0.360 e. The molecule has 0 aliphatic heterocycles. The van der Waals surface area contributed by atoms with Crippen molar-refractivity contribution in [2.75, 3.05) is 6.54 Å². The molecule has 0 atom stereocenters. The van der Waals surface area contributed by atoms with Gasteiger partial charge in [-0.1, -0.05) is 73.5 Å². The summed E-state index contributed by atoms with van der Waals surface area (Å²) in [6.45, 7) is 1.87. The Labute approximate surface area is 157 Å². The zero-order valence-corrected chi connectivity index (χ0v) is 15.7. The second-order valence-electron chi connectivity index (χ2n) is 6.93. The van der Waals surface area contributed by atoms with Crippen molar-refractivity contribution in [1.82, 2.24) is 10.2 Å². The van der Waals surface area contributed by atoms with Crippen LogP contribution in [0.3, 0.4) is 0 Å². The van der Waals surface area contributed by atoms with E-state index in [4.69, 9.17) is 12.2 Å². The molecular weight excluding hydrogens is 324 g/mol. The number of rotatable bonds is 7. The SMILES string of the molecule is S=C(NC1CCCC1)N(CCCc1ccccc1)Cc1ccccc1. The monoisotopic (exact) mass is 352 g/mol. The van der Waals surface area contributed by atoms with E-state index in [9.17, 15) is 0 Å². The third-order valence-electron chi connectivity index (χ3n) is 4.92. The molecule has 2 aromatic carbocycles. The van der Waals surface area contributed by atoms with E-state index in [-0.39, 0.29) is 0 Å². The summed E-state index contributed by atoms with van der Waals surface area (Å²) in [7, 11) is 0. The molecule has 0 unspecified atom stereocenters.